The molecule has 0 saturated carbocycles. The second-order valence-electron chi connectivity index (χ2n) is 3.70. The first-order chi connectivity index (χ1) is 8.78. The van der Waals surface area contributed by atoms with Crippen LogP contribution >= 0.6 is 0 Å². The Labute approximate surface area is 122 Å². The van der Waals surface area contributed by atoms with E-state index in [4.69, 9.17) is 4.74 Å². The van der Waals surface area contributed by atoms with Crippen molar-refractivity contribution in [2.24, 2.45) is 0 Å². The Morgan fingerprint density at radius 1 is 1.11 bits per heavy atom. The number of carbonyl (C=O) groups is 1. The van der Waals surface area contributed by atoms with Crippen LogP contribution in [0.15, 0.2) is 54.9 Å². The molecular weight excluding hydrogens is 310 g/mol. The SMILES string of the molecule is COC(=O)C[n+]1cccc(Oc2ccccc2)c1.[Br-]. The molecule has 0 amide bonds. The smallest absolute Gasteiger partial charge is 0.372 e. The maximum atomic E-state index is 11.2. The van der Waals surface area contributed by atoms with Crippen LogP contribution in [0.4, 0.5) is 0 Å². The minimum atomic E-state index is -0.295. The van der Waals surface area contributed by atoms with E-state index in [1.54, 1.807) is 17.0 Å². The van der Waals surface area contributed by atoms with E-state index in [0.29, 0.717) is 5.75 Å². The lowest BCUT2D eigenvalue weighted by Crippen LogP contribution is -3.00. The first-order valence-electron chi connectivity index (χ1n) is 5.57. The number of ether oxygens (including phenoxy) is 2. The summed E-state index contributed by atoms with van der Waals surface area (Å²) in [5.74, 6) is 1.14. The van der Waals surface area contributed by atoms with Crippen LogP contribution in [0.2, 0.25) is 0 Å². The molecule has 2 rings (SSSR count). The van der Waals surface area contributed by atoms with Gasteiger partial charge in [0, 0.05) is 6.07 Å². The summed E-state index contributed by atoms with van der Waals surface area (Å²) in [7, 11) is 1.37. The van der Waals surface area contributed by atoms with Gasteiger partial charge in [0.25, 0.3) is 0 Å². The van der Waals surface area contributed by atoms with E-state index in [1.807, 2.05) is 42.5 Å². The van der Waals surface area contributed by atoms with Crippen LogP contribution in [-0.4, -0.2) is 13.1 Å². The molecule has 0 fully saturated rings. The monoisotopic (exact) mass is 323 g/mol. The van der Waals surface area contributed by atoms with Crippen molar-refractivity contribution in [1.82, 2.24) is 0 Å². The first kappa shape index (κ1) is 15.2. The molecule has 1 aromatic heterocycles. The Bertz CT molecular complexity index is 531. The van der Waals surface area contributed by atoms with Crippen LogP contribution < -0.4 is 26.3 Å². The number of aromatic nitrogens is 1. The molecule has 0 aliphatic carbocycles. The van der Waals surface area contributed by atoms with Crippen molar-refractivity contribution in [1.29, 1.82) is 0 Å². The van der Waals surface area contributed by atoms with Crippen LogP contribution in [0.5, 0.6) is 11.5 Å². The van der Waals surface area contributed by atoms with Gasteiger partial charge in [-0.2, -0.15) is 4.57 Å². The van der Waals surface area contributed by atoms with Crippen LogP contribution in [0.3, 0.4) is 0 Å². The largest absolute Gasteiger partial charge is 1.00 e. The predicted octanol–water partition coefficient (Wildman–Crippen LogP) is -1.06. The van der Waals surface area contributed by atoms with Gasteiger partial charge in [0.2, 0.25) is 12.7 Å². The molecule has 0 N–H and O–H groups in total. The Hall–Kier alpha value is -1.88. The molecule has 1 aromatic carbocycles. The van der Waals surface area contributed by atoms with Crippen LogP contribution in [0, 0.1) is 0 Å². The van der Waals surface area contributed by atoms with E-state index in [9.17, 15) is 4.79 Å². The molecule has 0 aliphatic heterocycles. The molecule has 0 aliphatic rings. The van der Waals surface area contributed by atoms with Gasteiger partial charge in [0.15, 0.2) is 11.9 Å². The van der Waals surface area contributed by atoms with E-state index < -0.39 is 0 Å². The summed E-state index contributed by atoms with van der Waals surface area (Å²) in [4.78, 5) is 11.2. The zero-order chi connectivity index (χ0) is 12.8. The fourth-order valence-corrected chi connectivity index (χ4v) is 1.49. The zero-order valence-corrected chi connectivity index (χ0v) is 12.0. The number of methoxy groups -OCH3 is 1. The first-order valence-corrected chi connectivity index (χ1v) is 5.57. The Balaban J connectivity index is 0.00000180. The van der Waals surface area contributed by atoms with Crippen LogP contribution in [-0.2, 0) is 16.1 Å². The molecule has 1 heterocycles. The molecule has 0 atom stereocenters. The molecule has 0 unspecified atom stereocenters. The minimum Gasteiger partial charge on any atom is -1.00 e. The average Bonchev–Trinajstić information content (AvgIpc) is 2.40. The molecule has 2 aromatic rings. The molecule has 100 valence electrons. The number of benzene rings is 1. The van der Waals surface area contributed by atoms with Crippen molar-refractivity contribution in [2.75, 3.05) is 7.11 Å². The highest BCUT2D eigenvalue weighted by molar-refractivity contribution is 5.67. The van der Waals surface area contributed by atoms with E-state index in [0.717, 1.165) is 5.75 Å². The Kier molecular flexibility index (Phi) is 6.02. The van der Waals surface area contributed by atoms with Gasteiger partial charge in [0.1, 0.15) is 5.75 Å². The summed E-state index contributed by atoms with van der Waals surface area (Å²) in [5, 5.41) is 0. The second-order valence-corrected chi connectivity index (χ2v) is 3.70. The molecular formula is C14H14BrNO3. The lowest BCUT2D eigenvalue weighted by molar-refractivity contribution is -0.686. The number of pyridine rings is 1. The third-order valence-corrected chi connectivity index (χ3v) is 2.35. The van der Waals surface area contributed by atoms with E-state index in [2.05, 4.69) is 4.74 Å². The lowest BCUT2D eigenvalue weighted by Gasteiger charge is -2.03. The summed E-state index contributed by atoms with van der Waals surface area (Å²) < 4.78 is 12.0. The number of esters is 1. The highest BCUT2D eigenvalue weighted by atomic mass is 79.9. The second kappa shape index (κ2) is 7.53. The van der Waals surface area contributed by atoms with Gasteiger partial charge in [-0.25, -0.2) is 4.79 Å². The standard InChI is InChI=1S/C14H14NO3.BrH/c1-17-14(16)11-15-9-5-8-13(10-15)18-12-6-3-2-4-7-12;/h2-10H,11H2,1H3;1H/q+1;/p-1. The number of para-hydroxylation sites is 1. The van der Waals surface area contributed by atoms with Gasteiger partial charge in [0.05, 0.1) is 7.11 Å². The molecule has 5 heteroatoms. The van der Waals surface area contributed by atoms with Crippen molar-refractivity contribution in [2.45, 2.75) is 6.54 Å². The van der Waals surface area contributed by atoms with Gasteiger partial charge in [-0.15, -0.1) is 0 Å². The van der Waals surface area contributed by atoms with Crippen molar-refractivity contribution >= 4 is 5.97 Å². The number of nitrogens with zero attached hydrogens (tertiary/aromatic N) is 1. The molecule has 19 heavy (non-hydrogen) atoms. The highest BCUT2D eigenvalue weighted by Gasteiger charge is 2.10. The van der Waals surface area contributed by atoms with E-state index in [-0.39, 0.29) is 29.5 Å². The van der Waals surface area contributed by atoms with Gasteiger partial charge in [-0.05, 0) is 18.2 Å². The molecule has 0 spiro atoms. The average molecular weight is 324 g/mol. The number of halogens is 1. The van der Waals surface area contributed by atoms with Crippen molar-refractivity contribution < 1.29 is 35.8 Å². The number of hydrogen-bond acceptors (Lipinski definition) is 3. The van der Waals surface area contributed by atoms with Crippen molar-refractivity contribution in [3.05, 3.63) is 54.9 Å². The van der Waals surface area contributed by atoms with Gasteiger partial charge in [-0.1, -0.05) is 18.2 Å². The topological polar surface area (TPSA) is 39.4 Å². The quantitative estimate of drug-likeness (QED) is 0.532. The highest BCUT2D eigenvalue weighted by Crippen LogP contribution is 2.18. The predicted molar refractivity (Wildman–Crippen MR) is 65.2 cm³/mol. The number of carbonyl (C=O) groups excluding carboxylic acids is 1. The molecule has 0 saturated heterocycles. The van der Waals surface area contributed by atoms with Gasteiger partial charge < -0.3 is 26.5 Å². The van der Waals surface area contributed by atoms with Crippen LogP contribution in [0.1, 0.15) is 0 Å². The van der Waals surface area contributed by atoms with Crippen molar-refractivity contribution in [3.8, 4) is 11.5 Å². The summed E-state index contributed by atoms with van der Waals surface area (Å²) in [5.41, 5.74) is 0. The maximum absolute atomic E-state index is 11.2. The fraction of sp³-hybridized carbons (Fsp3) is 0.143. The lowest BCUT2D eigenvalue weighted by atomic mass is 10.3. The molecule has 0 radical (unpaired) electrons. The zero-order valence-electron chi connectivity index (χ0n) is 10.5. The minimum absolute atomic E-state index is 0. The van der Waals surface area contributed by atoms with Gasteiger partial charge >= 0.3 is 5.97 Å². The maximum Gasteiger partial charge on any atom is 0.372 e. The van der Waals surface area contributed by atoms with E-state index >= 15 is 0 Å². The third kappa shape index (κ3) is 4.71. The summed E-state index contributed by atoms with van der Waals surface area (Å²) in [6.45, 7) is 0.169. The van der Waals surface area contributed by atoms with Gasteiger partial charge in [-0.3, -0.25) is 0 Å². The Morgan fingerprint density at radius 2 is 1.79 bits per heavy atom. The van der Waals surface area contributed by atoms with Crippen molar-refractivity contribution in [3.63, 3.8) is 0 Å². The third-order valence-electron chi connectivity index (χ3n) is 2.35. The molecule has 0 bridgehead atoms. The summed E-state index contributed by atoms with van der Waals surface area (Å²) >= 11 is 0. The normalized spacial score (nSPS) is 9.32. The van der Waals surface area contributed by atoms with E-state index in [1.165, 1.54) is 7.11 Å². The summed E-state index contributed by atoms with van der Waals surface area (Å²) in [6.07, 6.45) is 3.54. The summed E-state index contributed by atoms with van der Waals surface area (Å²) in [6, 6.07) is 13.1. The Morgan fingerprint density at radius 3 is 2.47 bits per heavy atom. The molecule has 4 nitrogen and oxygen atoms in total. The number of hydrogen-bond donors (Lipinski definition) is 0. The van der Waals surface area contributed by atoms with Crippen LogP contribution in [0.25, 0.3) is 0 Å². The fourth-order valence-electron chi connectivity index (χ4n) is 1.49. The number of rotatable bonds is 4.